The summed E-state index contributed by atoms with van der Waals surface area (Å²) in [5.74, 6) is 1.45. The zero-order valence-electron chi connectivity index (χ0n) is 16.5. The van der Waals surface area contributed by atoms with E-state index >= 15 is 0 Å². The standard InChI is InChI=1S/C22H27FN2O3/c1-16-7-8-24(20-5-3-4-6-21(20)26-2)9-10-25(16)13-17-11-19(23)12-18-14-27-15-28-22(17)18/h3-6,11-12,16H,7-10,13-15H2,1-2H3/t16-/m1/s1. The van der Waals surface area contributed by atoms with Gasteiger partial charge in [0.15, 0.2) is 6.79 Å². The predicted octanol–water partition coefficient (Wildman–Crippen LogP) is 3.80. The van der Waals surface area contributed by atoms with E-state index in [2.05, 4.69) is 22.8 Å². The fourth-order valence-electron chi connectivity index (χ4n) is 4.07. The average molecular weight is 386 g/mol. The lowest BCUT2D eigenvalue weighted by Gasteiger charge is -2.29. The van der Waals surface area contributed by atoms with Gasteiger partial charge in [0, 0.05) is 43.3 Å². The summed E-state index contributed by atoms with van der Waals surface area (Å²) >= 11 is 0. The van der Waals surface area contributed by atoms with Crippen LogP contribution in [0.5, 0.6) is 11.5 Å². The molecule has 2 aromatic carbocycles. The zero-order valence-corrected chi connectivity index (χ0v) is 16.5. The van der Waals surface area contributed by atoms with Crippen LogP contribution in [0.1, 0.15) is 24.5 Å². The molecule has 5 nitrogen and oxygen atoms in total. The van der Waals surface area contributed by atoms with Crippen molar-refractivity contribution in [2.45, 2.75) is 32.5 Å². The Balaban J connectivity index is 1.52. The number of ether oxygens (including phenoxy) is 3. The van der Waals surface area contributed by atoms with E-state index in [4.69, 9.17) is 14.2 Å². The Morgan fingerprint density at radius 2 is 2.04 bits per heavy atom. The number of fused-ring (bicyclic) bond motifs is 1. The maximum Gasteiger partial charge on any atom is 0.189 e. The van der Waals surface area contributed by atoms with Crippen molar-refractivity contribution in [3.8, 4) is 11.5 Å². The lowest BCUT2D eigenvalue weighted by molar-refractivity contribution is -0.0178. The molecule has 28 heavy (non-hydrogen) atoms. The number of anilines is 1. The smallest absolute Gasteiger partial charge is 0.189 e. The number of nitrogens with zero attached hydrogens (tertiary/aromatic N) is 2. The molecule has 1 atom stereocenters. The number of hydrogen-bond acceptors (Lipinski definition) is 5. The van der Waals surface area contributed by atoms with Crippen molar-refractivity contribution < 1.29 is 18.6 Å². The van der Waals surface area contributed by atoms with Gasteiger partial charge in [-0.05, 0) is 37.6 Å². The van der Waals surface area contributed by atoms with E-state index in [0.717, 1.165) is 54.4 Å². The molecule has 0 saturated carbocycles. The number of methoxy groups -OCH3 is 1. The van der Waals surface area contributed by atoms with Crippen LogP contribution in [-0.2, 0) is 17.9 Å². The maximum atomic E-state index is 14.1. The molecule has 0 aromatic heterocycles. The van der Waals surface area contributed by atoms with Crippen LogP contribution in [0, 0.1) is 5.82 Å². The van der Waals surface area contributed by atoms with Gasteiger partial charge < -0.3 is 19.1 Å². The second-order valence-electron chi connectivity index (χ2n) is 7.43. The van der Waals surface area contributed by atoms with E-state index in [9.17, 15) is 4.39 Å². The third kappa shape index (κ3) is 3.93. The van der Waals surface area contributed by atoms with Gasteiger partial charge in [0.1, 0.15) is 17.3 Å². The molecular formula is C22H27FN2O3. The maximum absolute atomic E-state index is 14.1. The molecule has 150 valence electrons. The van der Waals surface area contributed by atoms with Crippen LogP contribution < -0.4 is 14.4 Å². The molecular weight excluding hydrogens is 359 g/mol. The summed E-state index contributed by atoms with van der Waals surface area (Å²) in [7, 11) is 1.71. The number of hydrogen-bond donors (Lipinski definition) is 0. The second kappa shape index (κ2) is 8.37. The summed E-state index contributed by atoms with van der Waals surface area (Å²) in [4.78, 5) is 4.78. The molecule has 0 amide bonds. The SMILES string of the molecule is COc1ccccc1N1CC[C@@H](C)N(Cc2cc(F)cc3c2OCOC3)CC1. The van der Waals surface area contributed by atoms with Crippen LogP contribution in [0.25, 0.3) is 0 Å². The van der Waals surface area contributed by atoms with Crippen molar-refractivity contribution in [3.63, 3.8) is 0 Å². The largest absolute Gasteiger partial charge is 0.495 e. The van der Waals surface area contributed by atoms with E-state index in [1.54, 1.807) is 13.2 Å². The lowest BCUT2D eigenvalue weighted by atomic mass is 10.1. The topological polar surface area (TPSA) is 34.2 Å². The van der Waals surface area contributed by atoms with Crippen LogP contribution >= 0.6 is 0 Å². The number of benzene rings is 2. The Morgan fingerprint density at radius 3 is 2.89 bits per heavy atom. The quantitative estimate of drug-likeness (QED) is 0.798. The Labute approximate surface area is 165 Å². The van der Waals surface area contributed by atoms with E-state index < -0.39 is 0 Å². The van der Waals surface area contributed by atoms with Crippen molar-refractivity contribution in [1.82, 2.24) is 4.90 Å². The highest BCUT2D eigenvalue weighted by Gasteiger charge is 2.25. The fraction of sp³-hybridized carbons (Fsp3) is 0.455. The van der Waals surface area contributed by atoms with E-state index in [-0.39, 0.29) is 12.6 Å². The van der Waals surface area contributed by atoms with Gasteiger partial charge in [0.05, 0.1) is 19.4 Å². The zero-order chi connectivity index (χ0) is 19.5. The average Bonchev–Trinajstić information content (AvgIpc) is 2.89. The summed E-state index contributed by atoms with van der Waals surface area (Å²) in [6.07, 6.45) is 1.03. The summed E-state index contributed by atoms with van der Waals surface area (Å²) in [6, 6.07) is 11.6. The summed E-state index contributed by atoms with van der Waals surface area (Å²) in [5.41, 5.74) is 2.82. The van der Waals surface area contributed by atoms with Crippen molar-refractivity contribution in [1.29, 1.82) is 0 Å². The fourth-order valence-corrected chi connectivity index (χ4v) is 4.07. The first-order valence-corrected chi connectivity index (χ1v) is 9.79. The molecule has 2 aromatic rings. The van der Waals surface area contributed by atoms with Gasteiger partial charge in [-0.2, -0.15) is 0 Å². The molecule has 6 heteroatoms. The van der Waals surface area contributed by atoms with Crippen molar-refractivity contribution in [3.05, 3.63) is 53.3 Å². The highest BCUT2D eigenvalue weighted by atomic mass is 19.1. The molecule has 4 rings (SSSR count). The normalized spacial score (nSPS) is 20.2. The first-order chi connectivity index (χ1) is 13.7. The minimum atomic E-state index is -0.235. The summed E-state index contributed by atoms with van der Waals surface area (Å²) in [5, 5.41) is 0. The Hall–Kier alpha value is -2.31. The Kier molecular flexibility index (Phi) is 5.69. The van der Waals surface area contributed by atoms with Crippen LogP contribution in [-0.4, -0.2) is 44.5 Å². The van der Waals surface area contributed by atoms with E-state index in [1.807, 2.05) is 18.2 Å². The number of para-hydroxylation sites is 2. The van der Waals surface area contributed by atoms with E-state index in [0.29, 0.717) is 19.2 Å². The van der Waals surface area contributed by atoms with Gasteiger partial charge in [0.25, 0.3) is 0 Å². The third-order valence-corrected chi connectivity index (χ3v) is 5.65. The highest BCUT2D eigenvalue weighted by Crippen LogP contribution is 2.32. The molecule has 2 aliphatic rings. The third-order valence-electron chi connectivity index (χ3n) is 5.65. The predicted molar refractivity (Wildman–Crippen MR) is 106 cm³/mol. The van der Waals surface area contributed by atoms with Gasteiger partial charge in [-0.25, -0.2) is 4.39 Å². The molecule has 0 radical (unpaired) electrons. The molecule has 2 heterocycles. The first-order valence-electron chi connectivity index (χ1n) is 9.79. The number of halogens is 1. The van der Waals surface area contributed by atoms with Gasteiger partial charge in [-0.1, -0.05) is 12.1 Å². The summed E-state index contributed by atoms with van der Waals surface area (Å²) < 4.78 is 30.6. The highest BCUT2D eigenvalue weighted by molar-refractivity contribution is 5.58. The van der Waals surface area contributed by atoms with Crippen LogP contribution in [0.4, 0.5) is 10.1 Å². The second-order valence-corrected chi connectivity index (χ2v) is 7.43. The minimum absolute atomic E-state index is 0.225. The van der Waals surface area contributed by atoms with Crippen LogP contribution in [0.3, 0.4) is 0 Å². The molecule has 2 aliphatic heterocycles. The van der Waals surface area contributed by atoms with Gasteiger partial charge >= 0.3 is 0 Å². The lowest BCUT2D eigenvalue weighted by Crippen LogP contribution is -2.34. The van der Waals surface area contributed by atoms with Gasteiger partial charge in [0.2, 0.25) is 0 Å². The molecule has 1 saturated heterocycles. The molecule has 0 N–H and O–H groups in total. The minimum Gasteiger partial charge on any atom is -0.495 e. The Morgan fingerprint density at radius 1 is 1.18 bits per heavy atom. The molecule has 0 unspecified atom stereocenters. The molecule has 1 fully saturated rings. The van der Waals surface area contributed by atoms with Crippen LogP contribution in [0.15, 0.2) is 36.4 Å². The monoisotopic (exact) mass is 386 g/mol. The van der Waals surface area contributed by atoms with Gasteiger partial charge in [-0.15, -0.1) is 0 Å². The summed E-state index contributed by atoms with van der Waals surface area (Å²) in [6.45, 7) is 6.28. The molecule has 0 aliphatic carbocycles. The van der Waals surface area contributed by atoms with Crippen molar-refractivity contribution in [2.75, 3.05) is 38.4 Å². The van der Waals surface area contributed by atoms with Gasteiger partial charge in [-0.3, -0.25) is 4.90 Å². The van der Waals surface area contributed by atoms with Crippen molar-refractivity contribution >= 4 is 5.69 Å². The Bertz CT molecular complexity index is 829. The molecule has 0 bridgehead atoms. The van der Waals surface area contributed by atoms with E-state index in [1.165, 1.54) is 6.07 Å². The van der Waals surface area contributed by atoms with Crippen LogP contribution in [0.2, 0.25) is 0 Å². The molecule has 0 spiro atoms. The number of rotatable bonds is 4. The van der Waals surface area contributed by atoms with Crippen molar-refractivity contribution in [2.24, 2.45) is 0 Å². The first kappa shape index (κ1) is 19.0.